The van der Waals surface area contributed by atoms with Gasteiger partial charge in [-0.2, -0.15) is 0 Å². The highest BCUT2D eigenvalue weighted by molar-refractivity contribution is 5.90. The summed E-state index contributed by atoms with van der Waals surface area (Å²) in [5.74, 6) is -0.586. The Morgan fingerprint density at radius 3 is 2.32 bits per heavy atom. The third-order valence-electron chi connectivity index (χ3n) is 4.40. The number of amides is 2. The Kier molecular flexibility index (Phi) is 4.76. The van der Waals surface area contributed by atoms with E-state index in [-0.39, 0.29) is 17.7 Å². The first-order valence-corrected chi connectivity index (χ1v) is 8.75. The van der Waals surface area contributed by atoms with Crippen LogP contribution < -0.4 is 10.6 Å². The number of aromatic amines is 1. The number of benzene rings is 3. The van der Waals surface area contributed by atoms with Gasteiger partial charge in [0.2, 0.25) is 0 Å². The number of hydrogen-bond acceptors (Lipinski definition) is 1. The van der Waals surface area contributed by atoms with Crippen molar-refractivity contribution in [1.82, 2.24) is 10.3 Å². The minimum absolute atomic E-state index is 0.274. The first-order chi connectivity index (χ1) is 13.6. The van der Waals surface area contributed by atoms with Crippen LogP contribution in [-0.2, 0) is 6.54 Å². The monoisotopic (exact) mass is 377 g/mol. The normalized spacial score (nSPS) is 10.8. The van der Waals surface area contributed by atoms with Gasteiger partial charge in [0, 0.05) is 28.8 Å². The van der Waals surface area contributed by atoms with E-state index in [1.807, 2.05) is 18.2 Å². The van der Waals surface area contributed by atoms with E-state index >= 15 is 0 Å². The number of carbonyl (C=O) groups is 1. The van der Waals surface area contributed by atoms with Gasteiger partial charge in [-0.25, -0.2) is 13.6 Å². The second-order valence-electron chi connectivity index (χ2n) is 6.43. The predicted octanol–water partition coefficient (Wildman–Crippen LogP) is 5.43. The Hall–Kier alpha value is -3.67. The SMILES string of the molecule is O=C(NCc1ccc(F)cc1)Nc1ccc(-c2cc3cc(F)ccc3[nH]2)cc1. The molecule has 6 heteroatoms. The number of rotatable bonds is 4. The van der Waals surface area contributed by atoms with Crippen LogP contribution in [0.15, 0.2) is 72.8 Å². The summed E-state index contributed by atoms with van der Waals surface area (Å²) in [5, 5.41) is 6.28. The van der Waals surface area contributed by atoms with E-state index in [4.69, 9.17) is 0 Å². The molecule has 0 unspecified atom stereocenters. The lowest BCUT2D eigenvalue weighted by molar-refractivity contribution is 0.251. The molecule has 0 saturated carbocycles. The maximum absolute atomic E-state index is 13.3. The number of hydrogen-bond donors (Lipinski definition) is 3. The van der Waals surface area contributed by atoms with Crippen molar-refractivity contribution in [2.75, 3.05) is 5.32 Å². The van der Waals surface area contributed by atoms with Crippen molar-refractivity contribution in [3.63, 3.8) is 0 Å². The smallest absolute Gasteiger partial charge is 0.319 e. The lowest BCUT2D eigenvalue weighted by atomic mass is 10.1. The molecule has 0 aliphatic carbocycles. The Morgan fingerprint density at radius 2 is 1.57 bits per heavy atom. The van der Waals surface area contributed by atoms with Gasteiger partial charge in [0.05, 0.1) is 0 Å². The van der Waals surface area contributed by atoms with E-state index in [9.17, 15) is 13.6 Å². The fourth-order valence-electron chi connectivity index (χ4n) is 2.95. The highest BCUT2D eigenvalue weighted by Gasteiger charge is 2.06. The van der Waals surface area contributed by atoms with E-state index in [0.29, 0.717) is 12.2 Å². The van der Waals surface area contributed by atoms with Crippen molar-refractivity contribution >= 4 is 22.6 Å². The molecule has 140 valence electrons. The molecule has 0 aliphatic rings. The third-order valence-corrected chi connectivity index (χ3v) is 4.40. The van der Waals surface area contributed by atoms with Crippen LogP contribution >= 0.6 is 0 Å². The summed E-state index contributed by atoms with van der Waals surface area (Å²) in [6.07, 6.45) is 0. The molecule has 0 aliphatic heterocycles. The van der Waals surface area contributed by atoms with Gasteiger partial charge in [-0.1, -0.05) is 24.3 Å². The van der Waals surface area contributed by atoms with Crippen LogP contribution in [0.25, 0.3) is 22.2 Å². The average Bonchev–Trinajstić information content (AvgIpc) is 3.11. The number of anilines is 1. The van der Waals surface area contributed by atoms with Crippen LogP contribution in [0.1, 0.15) is 5.56 Å². The average molecular weight is 377 g/mol. The lowest BCUT2D eigenvalue weighted by Crippen LogP contribution is -2.28. The minimum Gasteiger partial charge on any atom is -0.355 e. The van der Waals surface area contributed by atoms with Crippen LogP contribution in [0.2, 0.25) is 0 Å². The van der Waals surface area contributed by atoms with E-state index in [1.54, 1.807) is 30.3 Å². The molecule has 3 N–H and O–H groups in total. The summed E-state index contributed by atoms with van der Waals surface area (Å²) in [5.41, 5.74) is 4.10. The van der Waals surface area contributed by atoms with E-state index in [0.717, 1.165) is 27.7 Å². The molecular formula is C22H17F2N3O. The van der Waals surface area contributed by atoms with Gasteiger partial charge in [0.25, 0.3) is 0 Å². The first-order valence-electron chi connectivity index (χ1n) is 8.75. The topological polar surface area (TPSA) is 56.9 Å². The first kappa shape index (κ1) is 17.7. The van der Waals surface area contributed by atoms with Gasteiger partial charge < -0.3 is 15.6 Å². The van der Waals surface area contributed by atoms with Crippen LogP contribution in [0, 0.1) is 11.6 Å². The Morgan fingerprint density at radius 1 is 0.857 bits per heavy atom. The van der Waals surface area contributed by atoms with E-state index < -0.39 is 0 Å². The largest absolute Gasteiger partial charge is 0.355 e. The summed E-state index contributed by atoms with van der Waals surface area (Å²) in [6.45, 7) is 0.301. The number of urea groups is 1. The molecule has 0 spiro atoms. The second kappa shape index (κ2) is 7.52. The van der Waals surface area contributed by atoms with E-state index in [2.05, 4.69) is 15.6 Å². The van der Waals surface area contributed by atoms with Crippen LogP contribution in [0.3, 0.4) is 0 Å². The van der Waals surface area contributed by atoms with Crippen molar-refractivity contribution in [1.29, 1.82) is 0 Å². The van der Waals surface area contributed by atoms with Gasteiger partial charge in [-0.15, -0.1) is 0 Å². The molecule has 0 saturated heterocycles. The number of fused-ring (bicyclic) bond motifs is 1. The summed E-state index contributed by atoms with van der Waals surface area (Å²) in [4.78, 5) is 15.3. The van der Waals surface area contributed by atoms with Crippen LogP contribution in [-0.4, -0.2) is 11.0 Å². The second-order valence-corrected chi connectivity index (χ2v) is 6.43. The molecule has 4 rings (SSSR count). The van der Waals surface area contributed by atoms with Gasteiger partial charge in [0.15, 0.2) is 0 Å². The third kappa shape index (κ3) is 4.01. The van der Waals surface area contributed by atoms with Gasteiger partial charge >= 0.3 is 6.03 Å². The zero-order chi connectivity index (χ0) is 19.5. The Balaban J connectivity index is 1.39. The zero-order valence-corrected chi connectivity index (χ0v) is 14.8. The number of halogens is 2. The number of carbonyl (C=O) groups excluding carboxylic acids is 1. The number of nitrogens with one attached hydrogen (secondary N) is 3. The van der Waals surface area contributed by atoms with Gasteiger partial charge in [0.1, 0.15) is 11.6 Å². The van der Waals surface area contributed by atoms with Crippen molar-refractivity contribution in [2.24, 2.45) is 0 Å². The molecule has 2 amide bonds. The molecule has 0 radical (unpaired) electrons. The molecule has 4 aromatic rings. The Labute approximate surface area is 160 Å². The highest BCUT2D eigenvalue weighted by Crippen LogP contribution is 2.25. The molecule has 3 aromatic carbocycles. The predicted molar refractivity (Wildman–Crippen MR) is 106 cm³/mol. The van der Waals surface area contributed by atoms with Crippen molar-refractivity contribution < 1.29 is 13.6 Å². The molecule has 1 heterocycles. The standard InChI is InChI=1S/C22H17F2N3O/c23-17-5-1-14(2-6-17)13-25-22(28)26-19-8-3-15(4-9-19)21-12-16-11-18(24)7-10-20(16)27-21/h1-12,27H,13H2,(H2,25,26,28). The summed E-state index contributed by atoms with van der Waals surface area (Å²) in [6, 6.07) is 19.4. The fraction of sp³-hybridized carbons (Fsp3) is 0.0455. The van der Waals surface area contributed by atoms with E-state index in [1.165, 1.54) is 24.3 Å². The molecule has 0 fully saturated rings. The highest BCUT2D eigenvalue weighted by atomic mass is 19.1. The summed E-state index contributed by atoms with van der Waals surface area (Å²) >= 11 is 0. The van der Waals surface area contributed by atoms with Crippen molar-refractivity contribution in [2.45, 2.75) is 6.54 Å². The minimum atomic E-state index is -0.349. The molecule has 0 bridgehead atoms. The molecule has 0 atom stereocenters. The maximum Gasteiger partial charge on any atom is 0.319 e. The quantitative estimate of drug-likeness (QED) is 0.436. The molecule has 1 aromatic heterocycles. The maximum atomic E-state index is 13.3. The number of H-pyrrole nitrogens is 1. The van der Waals surface area contributed by atoms with Gasteiger partial charge in [-0.3, -0.25) is 0 Å². The fourth-order valence-corrected chi connectivity index (χ4v) is 2.95. The van der Waals surface area contributed by atoms with Crippen LogP contribution in [0.5, 0.6) is 0 Å². The molecule has 28 heavy (non-hydrogen) atoms. The summed E-state index contributed by atoms with van der Waals surface area (Å²) < 4.78 is 26.2. The van der Waals surface area contributed by atoms with Crippen molar-refractivity contribution in [3.05, 3.63) is 90.0 Å². The lowest BCUT2D eigenvalue weighted by Gasteiger charge is -2.08. The van der Waals surface area contributed by atoms with Crippen LogP contribution in [0.4, 0.5) is 19.3 Å². The molecule has 4 nitrogen and oxygen atoms in total. The Bertz CT molecular complexity index is 1120. The number of aromatic nitrogens is 1. The summed E-state index contributed by atoms with van der Waals surface area (Å²) in [7, 11) is 0. The zero-order valence-electron chi connectivity index (χ0n) is 14.8. The van der Waals surface area contributed by atoms with Gasteiger partial charge in [-0.05, 0) is 59.7 Å². The van der Waals surface area contributed by atoms with Crippen molar-refractivity contribution in [3.8, 4) is 11.3 Å². The molecular weight excluding hydrogens is 360 g/mol.